The van der Waals surface area contributed by atoms with Crippen LogP contribution in [0.5, 0.6) is 11.5 Å². The minimum absolute atomic E-state index is 0.0253. The van der Waals surface area contributed by atoms with Crippen LogP contribution in [0.1, 0.15) is 51.0 Å². The molecule has 1 heterocycles. The fourth-order valence-corrected chi connectivity index (χ4v) is 3.86. The number of ether oxygens (including phenoxy) is 2. The van der Waals surface area contributed by atoms with Gasteiger partial charge in [-0.05, 0) is 55.5 Å². The number of Topliss-reactive ketones (excluding diaryl/α,β-unsaturated/α-hetero) is 1. The summed E-state index contributed by atoms with van der Waals surface area (Å²) in [5.41, 5.74) is 1.74. The summed E-state index contributed by atoms with van der Waals surface area (Å²) in [6.07, 6.45) is 3.81. The first-order valence-corrected chi connectivity index (χ1v) is 10.4. The highest BCUT2D eigenvalue weighted by Gasteiger charge is 2.27. The van der Waals surface area contributed by atoms with Gasteiger partial charge in [0.05, 0.1) is 18.3 Å². The molecular formula is C24H28FNO3. The van der Waals surface area contributed by atoms with Crippen LogP contribution in [0.2, 0.25) is 0 Å². The molecule has 1 saturated heterocycles. The number of benzene rings is 2. The molecule has 1 aliphatic heterocycles. The molecule has 5 heteroatoms. The number of carbonyl (C=O) groups excluding carboxylic acids is 1. The van der Waals surface area contributed by atoms with Crippen LogP contribution in [0.25, 0.3) is 0 Å². The summed E-state index contributed by atoms with van der Waals surface area (Å²) in [7, 11) is 0. The van der Waals surface area contributed by atoms with Crippen molar-refractivity contribution < 1.29 is 18.7 Å². The largest absolute Gasteiger partial charge is 0.490 e. The van der Waals surface area contributed by atoms with Gasteiger partial charge in [-0.2, -0.15) is 0 Å². The molecule has 2 aromatic rings. The lowest BCUT2D eigenvalue weighted by Crippen LogP contribution is -2.25. The number of carbonyl (C=O) groups is 1. The number of rotatable bonds is 8. The van der Waals surface area contributed by atoms with Gasteiger partial charge in [-0.3, -0.25) is 0 Å². The molecule has 0 aromatic heterocycles. The third-order valence-electron chi connectivity index (χ3n) is 5.58. The Morgan fingerprint density at radius 2 is 1.76 bits per heavy atom. The van der Waals surface area contributed by atoms with E-state index in [1.807, 2.05) is 35.2 Å². The minimum Gasteiger partial charge on any atom is -0.490 e. The number of nitrogens with zero attached hydrogens (tertiary/aromatic N) is 1. The Labute approximate surface area is 171 Å². The van der Waals surface area contributed by atoms with Crippen molar-refractivity contribution in [1.29, 1.82) is 0 Å². The van der Waals surface area contributed by atoms with E-state index in [1.54, 1.807) is 13.0 Å². The molecule has 0 bridgehead atoms. The Hall–Kier alpha value is -2.56. The maximum atomic E-state index is 14.6. The van der Waals surface area contributed by atoms with Crippen LogP contribution in [0.3, 0.4) is 0 Å². The topological polar surface area (TPSA) is 38.8 Å². The summed E-state index contributed by atoms with van der Waals surface area (Å²) in [6.45, 7) is 5.10. The van der Waals surface area contributed by atoms with Crippen LogP contribution >= 0.6 is 0 Å². The fourth-order valence-electron chi connectivity index (χ4n) is 3.86. The van der Waals surface area contributed by atoms with E-state index in [9.17, 15) is 9.18 Å². The Bertz CT molecular complexity index is 863. The van der Waals surface area contributed by atoms with Gasteiger partial charge in [0.15, 0.2) is 0 Å². The van der Waals surface area contributed by atoms with Crippen molar-refractivity contribution in [2.75, 3.05) is 18.0 Å². The maximum Gasteiger partial charge on any atom is 0.150 e. The highest BCUT2D eigenvalue weighted by Crippen LogP contribution is 2.32. The molecule has 2 aromatic carbocycles. The average molecular weight is 397 g/mol. The summed E-state index contributed by atoms with van der Waals surface area (Å²) in [5, 5.41) is 0. The molecule has 2 fully saturated rings. The van der Waals surface area contributed by atoms with E-state index in [2.05, 4.69) is 6.92 Å². The zero-order valence-electron chi connectivity index (χ0n) is 17.1. The van der Waals surface area contributed by atoms with Crippen molar-refractivity contribution in [3.8, 4) is 11.5 Å². The van der Waals surface area contributed by atoms with Crippen LogP contribution < -0.4 is 14.4 Å². The predicted octanol–water partition coefficient (Wildman–Crippen LogP) is 5.11. The Morgan fingerprint density at radius 1 is 1.07 bits per heavy atom. The Balaban J connectivity index is 1.33. The molecule has 1 saturated carbocycles. The van der Waals surface area contributed by atoms with E-state index in [4.69, 9.17) is 9.47 Å². The molecule has 0 radical (unpaired) electrons. The van der Waals surface area contributed by atoms with Gasteiger partial charge >= 0.3 is 0 Å². The van der Waals surface area contributed by atoms with E-state index in [0.29, 0.717) is 24.4 Å². The molecule has 2 atom stereocenters. The van der Waals surface area contributed by atoms with E-state index in [0.717, 1.165) is 37.1 Å². The SMILES string of the molecule is CC(=O)C[C@@H](C)c1ccc(OC2CCN(c3ccc(OC4CC4)cc3F)C2)cc1. The smallest absolute Gasteiger partial charge is 0.150 e. The zero-order valence-corrected chi connectivity index (χ0v) is 17.1. The Morgan fingerprint density at radius 3 is 2.41 bits per heavy atom. The molecular weight excluding hydrogens is 369 g/mol. The lowest BCUT2D eigenvalue weighted by atomic mass is 9.96. The molecule has 0 amide bonds. The van der Waals surface area contributed by atoms with Crippen LogP contribution in [0, 0.1) is 5.82 Å². The van der Waals surface area contributed by atoms with Crippen molar-refractivity contribution >= 4 is 11.5 Å². The molecule has 29 heavy (non-hydrogen) atoms. The van der Waals surface area contributed by atoms with Gasteiger partial charge < -0.3 is 19.2 Å². The summed E-state index contributed by atoms with van der Waals surface area (Å²) in [5.74, 6) is 1.58. The molecule has 154 valence electrons. The van der Waals surface area contributed by atoms with Gasteiger partial charge in [0.2, 0.25) is 0 Å². The number of anilines is 1. The van der Waals surface area contributed by atoms with Gasteiger partial charge in [0, 0.05) is 25.5 Å². The maximum absolute atomic E-state index is 14.6. The van der Waals surface area contributed by atoms with Gasteiger partial charge in [-0.25, -0.2) is 4.39 Å². The van der Waals surface area contributed by atoms with Gasteiger partial charge in [0.1, 0.15) is 29.2 Å². The summed E-state index contributed by atoms with van der Waals surface area (Å²) in [4.78, 5) is 13.3. The zero-order chi connectivity index (χ0) is 20.4. The molecule has 2 aliphatic rings. The van der Waals surface area contributed by atoms with Gasteiger partial charge in [-0.15, -0.1) is 0 Å². The van der Waals surface area contributed by atoms with Crippen LogP contribution in [-0.2, 0) is 4.79 Å². The molecule has 0 spiro atoms. The molecule has 1 unspecified atom stereocenters. The van der Waals surface area contributed by atoms with Crippen molar-refractivity contribution in [1.82, 2.24) is 0 Å². The summed E-state index contributed by atoms with van der Waals surface area (Å²) < 4.78 is 26.3. The Kier molecular flexibility index (Phi) is 5.74. The van der Waals surface area contributed by atoms with Crippen molar-refractivity contribution in [3.05, 3.63) is 53.8 Å². The number of halogens is 1. The van der Waals surface area contributed by atoms with Crippen LogP contribution in [0.15, 0.2) is 42.5 Å². The lowest BCUT2D eigenvalue weighted by molar-refractivity contribution is -0.117. The fraction of sp³-hybridized carbons (Fsp3) is 0.458. The minimum atomic E-state index is -0.243. The van der Waals surface area contributed by atoms with Crippen molar-refractivity contribution in [2.45, 2.75) is 57.7 Å². The number of ketones is 1. The highest BCUT2D eigenvalue weighted by molar-refractivity contribution is 5.76. The monoisotopic (exact) mass is 397 g/mol. The van der Waals surface area contributed by atoms with Crippen LogP contribution in [-0.4, -0.2) is 31.1 Å². The summed E-state index contributed by atoms with van der Waals surface area (Å²) in [6, 6.07) is 13.1. The van der Waals surface area contributed by atoms with Crippen molar-refractivity contribution in [2.24, 2.45) is 0 Å². The van der Waals surface area contributed by atoms with Crippen molar-refractivity contribution in [3.63, 3.8) is 0 Å². The molecule has 1 aliphatic carbocycles. The average Bonchev–Trinajstić information content (AvgIpc) is 3.38. The number of hydrogen-bond acceptors (Lipinski definition) is 4. The second-order valence-corrected chi connectivity index (χ2v) is 8.28. The first kappa shape index (κ1) is 19.7. The van der Waals surface area contributed by atoms with E-state index >= 15 is 0 Å². The summed E-state index contributed by atoms with van der Waals surface area (Å²) >= 11 is 0. The second-order valence-electron chi connectivity index (χ2n) is 8.28. The number of hydrogen-bond donors (Lipinski definition) is 0. The van der Waals surface area contributed by atoms with E-state index in [-0.39, 0.29) is 29.7 Å². The van der Waals surface area contributed by atoms with E-state index < -0.39 is 0 Å². The van der Waals surface area contributed by atoms with Gasteiger partial charge in [-0.1, -0.05) is 19.1 Å². The molecule has 4 rings (SSSR count). The lowest BCUT2D eigenvalue weighted by Gasteiger charge is -2.20. The quantitative estimate of drug-likeness (QED) is 0.621. The van der Waals surface area contributed by atoms with E-state index in [1.165, 1.54) is 6.07 Å². The first-order valence-electron chi connectivity index (χ1n) is 10.4. The highest BCUT2D eigenvalue weighted by atomic mass is 19.1. The van der Waals surface area contributed by atoms with Crippen LogP contribution in [0.4, 0.5) is 10.1 Å². The standard InChI is InChI=1S/C24H28FNO3/c1-16(13-17(2)27)18-3-5-19(6-4-18)29-22-11-12-26(15-22)24-10-9-21(14-23(24)25)28-20-7-8-20/h3-6,9-10,14,16,20,22H,7-8,11-13,15H2,1-2H3/t16-,22?/m1/s1. The predicted molar refractivity (Wildman–Crippen MR) is 111 cm³/mol. The third-order valence-corrected chi connectivity index (χ3v) is 5.58. The molecule has 4 nitrogen and oxygen atoms in total. The normalized spacial score (nSPS) is 19.8. The molecule has 0 N–H and O–H groups in total. The van der Waals surface area contributed by atoms with Gasteiger partial charge in [0.25, 0.3) is 0 Å². The third kappa shape index (κ3) is 5.08. The first-order chi connectivity index (χ1) is 14.0. The second kappa shape index (κ2) is 8.44.